The van der Waals surface area contributed by atoms with Crippen LogP contribution in [0.4, 0.5) is 11.4 Å². The average Bonchev–Trinajstić information content (AvgIpc) is 3.25. The maximum Gasteiger partial charge on any atom is 0.229 e. The fourth-order valence-corrected chi connectivity index (χ4v) is 5.73. The molecular formula is C21H22N4O2S3. The summed E-state index contributed by atoms with van der Waals surface area (Å²) < 4.78 is 25.8. The first kappa shape index (κ1) is 20.8. The van der Waals surface area contributed by atoms with Gasteiger partial charge in [-0.2, -0.15) is 0 Å². The zero-order valence-electron chi connectivity index (χ0n) is 16.8. The Hall–Kier alpha value is -2.49. The van der Waals surface area contributed by atoms with Crippen LogP contribution in [0.3, 0.4) is 0 Å². The van der Waals surface area contributed by atoms with E-state index in [2.05, 4.69) is 38.3 Å². The second-order valence-electron chi connectivity index (χ2n) is 7.34. The van der Waals surface area contributed by atoms with Gasteiger partial charge in [0.25, 0.3) is 0 Å². The van der Waals surface area contributed by atoms with Crippen LogP contribution in [0.1, 0.15) is 33.8 Å². The van der Waals surface area contributed by atoms with Crippen molar-refractivity contribution in [3.63, 3.8) is 0 Å². The molecule has 2 atom stereocenters. The molecular weight excluding hydrogens is 436 g/mol. The maximum absolute atomic E-state index is 11.6. The molecule has 0 aliphatic carbocycles. The molecule has 0 radical (unpaired) electrons. The molecule has 156 valence electrons. The molecule has 0 amide bonds. The minimum atomic E-state index is -3.35. The standard InChI is InChI=1S/C21H22N4O2S3/c1-13-9-11-29-20(13)19-18(17-6-4-5-10-22-17)23-21(28)25(19)15-7-8-16(14(2)12-15)24-30(3,26)27/h4-12,18-19,24H,1-3H3,(H,23,28). The number of aryl methyl sites for hydroxylation is 2. The van der Waals surface area contributed by atoms with E-state index in [-0.39, 0.29) is 12.1 Å². The number of hydrogen-bond donors (Lipinski definition) is 2. The Morgan fingerprint density at radius 2 is 1.97 bits per heavy atom. The summed E-state index contributed by atoms with van der Waals surface area (Å²) in [7, 11) is -3.35. The van der Waals surface area contributed by atoms with Gasteiger partial charge in [-0.15, -0.1) is 11.3 Å². The Morgan fingerprint density at radius 1 is 1.17 bits per heavy atom. The van der Waals surface area contributed by atoms with Gasteiger partial charge in [-0.25, -0.2) is 8.42 Å². The molecule has 2 N–H and O–H groups in total. The number of thiophene rings is 1. The first-order chi connectivity index (χ1) is 14.2. The Morgan fingerprint density at radius 3 is 2.57 bits per heavy atom. The molecule has 2 unspecified atom stereocenters. The number of nitrogens with zero attached hydrogens (tertiary/aromatic N) is 2. The minimum absolute atomic E-state index is 0.0551. The Balaban J connectivity index is 1.79. The smallest absolute Gasteiger partial charge is 0.229 e. The van der Waals surface area contributed by atoms with Crippen molar-refractivity contribution < 1.29 is 8.42 Å². The van der Waals surface area contributed by atoms with Crippen molar-refractivity contribution in [3.8, 4) is 0 Å². The summed E-state index contributed by atoms with van der Waals surface area (Å²) in [6.07, 6.45) is 2.93. The van der Waals surface area contributed by atoms with Crippen molar-refractivity contribution in [2.45, 2.75) is 25.9 Å². The summed E-state index contributed by atoms with van der Waals surface area (Å²) in [5, 5.41) is 6.15. The molecule has 6 nitrogen and oxygen atoms in total. The highest BCUT2D eigenvalue weighted by molar-refractivity contribution is 7.92. The molecule has 0 saturated carbocycles. The molecule has 0 bridgehead atoms. The molecule has 3 heterocycles. The summed E-state index contributed by atoms with van der Waals surface area (Å²) >= 11 is 7.44. The van der Waals surface area contributed by atoms with E-state index < -0.39 is 10.0 Å². The fourth-order valence-electron chi connectivity index (χ4n) is 3.70. The topological polar surface area (TPSA) is 74.3 Å². The number of benzene rings is 1. The van der Waals surface area contributed by atoms with E-state index in [9.17, 15) is 8.42 Å². The monoisotopic (exact) mass is 458 g/mol. The third kappa shape index (κ3) is 4.05. The number of anilines is 2. The van der Waals surface area contributed by atoms with Gasteiger partial charge < -0.3 is 10.2 Å². The van der Waals surface area contributed by atoms with E-state index in [1.165, 1.54) is 10.4 Å². The predicted octanol–water partition coefficient (Wildman–Crippen LogP) is 4.31. The highest BCUT2D eigenvalue weighted by Crippen LogP contribution is 2.44. The third-order valence-corrected chi connectivity index (χ3v) is 7.05. The number of thiocarbonyl (C=S) groups is 1. The summed E-state index contributed by atoms with van der Waals surface area (Å²) in [6, 6.07) is 13.5. The van der Waals surface area contributed by atoms with Gasteiger partial charge in [0.2, 0.25) is 10.0 Å². The number of aromatic nitrogens is 1. The van der Waals surface area contributed by atoms with Gasteiger partial charge in [-0.3, -0.25) is 9.71 Å². The lowest BCUT2D eigenvalue weighted by Gasteiger charge is -2.28. The van der Waals surface area contributed by atoms with Crippen LogP contribution >= 0.6 is 23.6 Å². The number of rotatable bonds is 5. The normalized spacial score (nSPS) is 19.0. The van der Waals surface area contributed by atoms with Crippen molar-refractivity contribution in [3.05, 3.63) is 75.7 Å². The van der Waals surface area contributed by atoms with Crippen molar-refractivity contribution >= 4 is 50.1 Å². The highest BCUT2D eigenvalue weighted by Gasteiger charge is 2.42. The van der Waals surface area contributed by atoms with E-state index in [0.29, 0.717) is 10.8 Å². The number of pyridine rings is 1. The van der Waals surface area contributed by atoms with E-state index >= 15 is 0 Å². The van der Waals surface area contributed by atoms with Crippen LogP contribution in [0.15, 0.2) is 54.0 Å². The van der Waals surface area contributed by atoms with E-state index in [0.717, 1.165) is 23.2 Å². The van der Waals surface area contributed by atoms with Gasteiger partial charge in [0.05, 0.1) is 29.7 Å². The Labute approximate surface area is 186 Å². The molecule has 1 saturated heterocycles. The van der Waals surface area contributed by atoms with Crippen LogP contribution in [0.5, 0.6) is 0 Å². The van der Waals surface area contributed by atoms with E-state index in [1.807, 2.05) is 37.3 Å². The maximum atomic E-state index is 11.6. The van der Waals surface area contributed by atoms with Gasteiger partial charge >= 0.3 is 0 Å². The Bertz CT molecular complexity index is 1190. The second-order valence-corrected chi connectivity index (χ2v) is 10.4. The van der Waals surface area contributed by atoms with Crippen LogP contribution in [0.25, 0.3) is 0 Å². The van der Waals surface area contributed by atoms with Crippen LogP contribution in [-0.2, 0) is 10.0 Å². The van der Waals surface area contributed by atoms with Gasteiger partial charge in [-0.1, -0.05) is 6.07 Å². The second kappa shape index (κ2) is 7.98. The SMILES string of the molecule is Cc1cc(N2C(=S)NC(c3ccccn3)C2c2sccc2C)ccc1NS(C)(=O)=O. The predicted molar refractivity (Wildman–Crippen MR) is 127 cm³/mol. The number of sulfonamides is 1. The molecule has 1 aromatic carbocycles. The van der Waals surface area contributed by atoms with Crippen LogP contribution in [0.2, 0.25) is 0 Å². The molecule has 0 spiro atoms. The number of nitrogens with one attached hydrogen (secondary N) is 2. The largest absolute Gasteiger partial charge is 0.351 e. The first-order valence-corrected chi connectivity index (χ1v) is 12.6. The zero-order valence-corrected chi connectivity index (χ0v) is 19.2. The van der Waals surface area contributed by atoms with Gasteiger partial charge in [-0.05, 0) is 79.0 Å². The first-order valence-electron chi connectivity index (χ1n) is 9.37. The summed E-state index contributed by atoms with van der Waals surface area (Å²) in [6.45, 7) is 3.98. The molecule has 1 aliphatic heterocycles. The molecule has 4 rings (SSSR count). The van der Waals surface area contributed by atoms with Crippen molar-refractivity contribution in [2.24, 2.45) is 0 Å². The number of hydrogen-bond acceptors (Lipinski definition) is 5. The molecule has 2 aromatic heterocycles. The molecule has 1 aliphatic rings. The molecule has 3 aromatic rings. The van der Waals surface area contributed by atoms with E-state index in [4.69, 9.17) is 12.2 Å². The summed E-state index contributed by atoms with van der Waals surface area (Å²) in [4.78, 5) is 7.88. The van der Waals surface area contributed by atoms with Crippen LogP contribution < -0.4 is 14.9 Å². The van der Waals surface area contributed by atoms with E-state index in [1.54, 1.807) is 23.6 Å². The van der Waals surface area contributed by atoms with Crippen LogP contribution in [-0.4, -0.2) is 24.8 Å². The summed E-state index contributed by atoms with van der Waals surface area (Å²) in [5.41, 5.74) is 4.41. The zero-order chi connectivity index (χ0) is 21.5. The minimum Gasteiger partial charge on any atom is -0.351 e. The third-order valence-electron chi connectivity index (χ3n) is 5.05. The van der Waals surface area contributed by atoms with Crippen molar-refractivity contribution in [1.29, 1.82) is 0 Å². The quantitative estimate of drug-likeness (QED) is 0.555. The summed E-state index contributed by atoms with van der Waals surface area (Å²) in [5.74, 6) is 0. The van der Waals surface area contributed by atoms with Crippen LogP contribution in [0, 0.1) is 13.8 Å². The Kier molecular flexibility index (Phi) is 5.52. The van der Waals surface area contributed by atoms with Crippen molar-refractivity contribution in [2.75, 3.05) is 15.9 Å². The van der Waals surface area contributed by atoms with Gasteiger partial charge in [0.15, 0.2) is 5.11 Å². The van der Waals surface area contributed by atoms with Gasteiger partial charge in [0, 0.05) is 16.8 Å². The molecule has 30 heavy (non-hydrogen) atoms. The fraction of sp³-hybridized carbons (Fsp3) is 0.238. The highest BCUT2D eigenvalue weighted by atomic mass is 32.2. The molecule has 1 fully saturated rings. The molecule has 9 heteroatoms. The lowest BCUT2D eigenvalue weighted by molar-refractivity contribution is 0.573. The average molecular weight is 459 g/mol. The van der Waals surface area contributed by atoms with Gasteiger partial charge in [0.1, 0.15) is 0 Å². The van der Waals surface area contributed by atoms with Crippen molar-refractivity contribution in [1.82, 2.24) is 10.3 Å². The lowest BCUT2D eigenvalue weighted by Crippen LogP contribution is -2.29. The lowest BCUT2D eigenvalue weighted by atomic mass is 10.00.